The van der Waals surface area contributed by atoms with Crippen LogP contribution in [0.1, 0.15) is 27.2 Å². The highest BCUT2D eigenvalue weighted by atomic mass is 16.7. The minimum Gasteiger partial charge on any atom is -0.458 e. The summed E-state index contributed by atoms with van der Waals surface area (Å²) in [6.45, 7) is 4.92. The molecule has 0 unspecified atom stereocenters. The van der Waals surface area contributed by atoms with Crippen molar-refractivity contribution in [2.75, 3.05) is 0 Å². The molecule has 8 atom stereocenters. The second-order valence-electron chi connectivity index (χ2n) is 8.06. The van der Waals surface area contributed by atoms with Gasteiger partial charge in [-0.2, -0.15) is 0 Å². The molecule has 0 aromatic heterocycles. The van der Waals surface area contributed by atoms with Crippen LogP contribution in [0.4, 0.5) is 0 Å². The molecule has 7 heteroatoms. The fourth-order valence-corrected chi connectivity index (χ4v) is 5.83. The van der Waals surface area contributed by atoms with Crippen LogP contribution in [0.15, 0.2) is 0 Å². The van der Waals surface area contributed by atoms with Crippen molar-refractivity contribution in [3.63, 3.8) is 0 Å². The van der Waals surface area contributed by atoms with E-state index < -0.39 is 64.3 Å². The number of fused-ring (bicyclic) bond motifs is 4. The number of rotatable bonds is 1. The van der Waals surface area contributed by atoms with E-state index in [0.29, 0.717) is 0 Å². The van der Waals surface area contributed by atoms with E-state index in [4.69, 9.17) is 14.2 Å². The van der Waals surface area contributed by atoms with Gasteiger partial charge in [-0.3, -0.25) is 4.79 Å². The third kappa shape index (κ3) is 0.962. The van der Waals surface area contributed by atoms with Crippen LogP contribution in [0.5, 0.6) is 0 Å². The van der Waals surface area contributed by atoms with Gasteiger partial charge in [0.2, 0.25) is 5.60 Å². The molecule has 7 nitrogen and oxygen atoms in total. The molecule has 3 aliphatic heterocycles. The summed E-state index contributed by atoms with van der Waals surface area (Å²) >= 11 is 0. The lowest BCUT2D eigenvalue weighted by molar-refractivity contribution is -0.223. The van der Waals surface area contributed by atoms with Gasteiger partial charge < -0.3 is 24.4 Å². The zero-order chi connectivity index (χ0) is 15.9. The van der Waals surface area contributed by atoms with Gasteiger partial charge in [0.1, 0.15) is 12.2 Å². The zero-order valence-electron chi connectivity index (χ0n) is 12.5. The Morgan fingerprint density at radius 3 is 2.59 bits per heavy atom. The summed E-state index contributed by atoms with van der Waals surface area (Å²) < 4.78 is 16.5. The molecule has 5 aliphatic rings. The Bertz CT molecular complexity index is 638. The van der Waals surface area contributed by atoms with Crippen LogP contribution < -0.4 is 0 Å². The summed E-state index contributed by atoms with van der Waals surface area (Å²) in [5, 5.41) is 21.9. The van der Waals surface area contributed by atoms with Gasteiger partial charge in [-0.05, 0) is 20.8 Å². The van der Waals surface area contributed by atoms with Gasteiger partial charge in [-0.1, -0.05) is 0 Å². The fraction of sp³-hybridized carbons (Fsp3) is 0.867. The topological polar surface area (TPSA) is 106 Å². The summed E-state index contributed by atoms with van der Waals surface area (Å²) in [6, 6.07) is 0. The molecule has 0 aromatic carbocycles. The predicted molar refractivity (Wildman–Crippen MR) is 68.3 cm³/mol. The van der Waals surface area contributed by atoms with Crippen molar-refractivity contribution in [1.82, 2.24) is 0 Å². The summed E-state index contributed by atoms with van der Waals surface area (Å²) in [7, 11) is 0. The second-order valence-corrected chi connectivity index (χ2v) is 8.06. The first-order valence-corrected chi connectivity index (χ1v) is 7.63. The van der Waals surface area contributed by atoms with Crippen LogP contribution in [0, 0.1) is 17.3 Å². The van der Waals surface area contributed by atoms with Gasteiger partial charge in [0, 0.05) is 12.3 Å². The van der Waals surface area contributed by atoms with E-state index >= 15 is 0 Å². The molecule has 2 N–H and O–H groups in total. The average molecular weight is 310 g/mol. The van der Waals surface area contributed by atoms with E-state index in [0.717, 1.165) is 0 Å². The monoisotopic (exact) mass is 310 g/mol. The van der Waals surface area contributed by atoms with Crippen LogP contribution >= 0.6 is 0 Å². The Balaban J connectivity index is 1.76. The lowest BCUT2D eigenvalue weighted by atomic mass is 9.52. The summed E-state index contributed by atoms with van der Waals surface area (Å²) in [5.74, 6) is -2.51. The highest BCUT2D eigenvalue weighted by Gasteiger charge is 2.95. The van der Waals surface area contributed by atoms with Gasteiger partial charge in [-0.25, -0.2) is 4.79 Å². The van der Waals surface area contributed by atoms with E-state index in [1.165, 1.54) is 0 Å². The molecule has 22 heavy (non-hydrogen) atoms. The Hall–Kier alpha value is -1.18. The minimum absolute atomic E-state index is 0.189. The third-order valence-corrected chi connectivity index (χ3v) is 6.85. The van der Waals surface area contributed by atoms with Crippen LogP contribution in [-0.4, -0.2) is 57.3 Å². The lowest BCUT2D eigenvalue weighted by Gasteiger charge is -2.53. The maximum absolute atomic E-state index is 12.4. The van der Waals surface area contributed by atoms with Crippen molar-refractivity contribution in [3.05, 3.63) is 0 Å². The number of carbonyl (C=O) groups is 2. The van der Waals surface area contributed by atoms with Gasteiger partial charge in [-0.15, -0.1) is 0 Å². The van der Waals surface area contributed by atoms with Gasteiger partial charge in [0.05, 0.1) is 22.5 Å². The summed E-state index contributed by atoms with van der Waals surface area (Å²) in [6.07, 6.45) is -1.78. The van der Waals surface area contributed by atoms with Gasteiger partial charge in [0.25, 0.3) is 0 Å². The predicted octanol–water partition coefficient (Wildman–Crippen LogP) is -0.867. The molecule has 1 spiro atoms. The summed E-state index contributed by atoms with van der Waals surface area (Å²) in [5.41, 5.74) is -4.89. The Morgan fingerprint density at radius 1 is 1.27 bits per heavy atom. The number of hydrogen-bond donors (Lipinski definition) is 2. The Kier molecular flexibility index (Phi) is 1.85. The molecule has 0 aromatic rings. The molecule has 3 saturated heterocycles. The molecule has 5 fully saturated rings. The quantitative estimate of drug-likeness (QED) is 0.479. The van der Waals surface area contributed by atoms with Crippen LogP contribution in [-0.2, 0) is 23.8 Å². The first kappa shape index (κ1) is 13.3. The summed E-state index contributed by atoms with van der Waals surface area (Å²) in [4.78, 5) is 24.8. The average Bonchev–Trinajstić information content (AvgIpc) is 2.85. The highest BCUT2D eigenvalue weighted by Crippen LogP contribution is 2.77. The molecule has 3 heterocycles. The maximum atomic E-state index is 12.4. The molecule has 0 radical (unpaired) electrons. The van der Waals surface area contributed by atoms with E-state index in [9.17, 15) is 19.8 Å². The van der Waals surface area contributed by atoms with E-state index in [1.54, 1.807) is 20.8 Å². The standard InChI is InChI=1S/C15H18O7/c1-12(2,18)6-7-10(16)20-8(6)9-13(3)14(7,19)4-5-15(13,22-5)11(17)21-9/h5-9,18-19H,4H2,1-3H3/t5-,6-,7-,8+,9+,13-,14+,15-/m0/s1. The lowest BCUT2D eigenvalue weighted by Crippen LogP contribution is -2.68. The largest absolute Gasteiger partial charge is 0.458 e. The van der Waals surface area contributed by atoms with Crippen molar-refractivity contribution in [3.8, 4) is 0 Å². The van der Waals surface area contributed by atoms with Crippen LogP contribution in [0.3, 0.4) is 0 Å². The normalized spacial score (nSPS) is 60.7. The van der Waals surface area contributed by atoms with Crippen molar-refractivity contribution in [2.24, 2.45) is 17.3 Å². The Labute approximate surface area is 126 Å². The Morgan fingerprint density at radius 2 is 1.95 bits per heavy atom. The van der Waals surface area contributed by atoms with Crippen molar-refractivity contribution < 1.29 is 34.0 Å². The first-order valence-electron chi connectivity index (χ1n) is 7.63. The molecule has 2 bridgehead atoms. The zero-order valence-corrected chi connectivity index (χ0v) is 12.5. The SMILES string of the molecule is CC(C)(O)[C@@H]1[C@H]2OC(=O)[C@H]1[C@]1(O)C[C@@H]3O[C@]34C(=O)O[C@H]2[C@@]14C. The number of carbonyl (C=O) groups excluding carboxylic acids is 2. The van der Waals surface area contributed by atoms with E-state index in [2.05, 4.69) is 0 Å². The smallest absolute Gasteiger partial charge is 0.342 e. The molecule has 120 valence electrons. The third-order valence-electron chi connectivity index (χ3n) is 6.85. The molecular weight excluding hydrogens is 292 g/mol. The molecule has 2 saturated carbocycles. The first-order chi connectivity index (χ1) is 10.1. The fourth-order valence-electron chi connectivity index (χ4n) is 5.83. The number of aliphatic hydroxyl groups is 2. The van der Waals surface area contributed by atoms with Crippen molar-refractivity contribution in [2.45, 2.75) is 62.3 Å². The van der Waals surface area contributed by atoms with Gasteiger partial charge >= 0.3 is 11.9 Å². The van der Waals surface area contributed by atoms with Crippen molar-refractivity contribution in [1.29, 1.82) is 0 Å². The molecular formula is C15H18O7. The molecule has 0 amide bonds. The number of ether oxygens (including phenoxy) is 3. The van der Waals surface area contributed by atoms with Crippen LogP contribution in [0.25, 0.3) is 0 Å². The van der Waals surface area contributed by atoms with E-state index in [1.807, 2.05) is 0 Å². The minimum atomic E-state index is -1.47. The van der Waals surface area contributed by atoms with E-state index in [-0.39, 0.29) is 6.42 Å². The number of esters is 2. The van der Waals surface area contributed by atoms with Gasteiger partial charge in [0.15, 0.2) is 6.10 Å². The number of hydrogen-bond acceptors (Lipinski definition) is 7. The number of epoxide rings is 1. The molecule has 5 rings (SSSR count). The van der Waals surface area contributed by atoms with Crippen molar-refractivity contribution >= 4 is 11.9 Å². The molecule has 2 aliphatic carbocycles. The van der Waals surface area contributed by atoms with Crippen LogP contribution in [0.2, 0.25) is 0 Å². The maximum Gasteiger partial charge on any atom is 0.342 e. The highest BCUT2D eigenvalue weighted by molar-refractivity contribution is 5.91. The second kappa shape index (κ2) is 3.07.